The Hall–Kier alpha value is -3.41. The van der Waals surface area contributed by atoms with Crippen LogP contribution in [0, 0.1) is 0 Å². The third kappa shape index (κ3) is 3.60. The first-order chi connectivity index (χ1) is 13.2. The van der Waals surface area contributed by atoms with Gasteiger partial charge in [-0.1, -0.05) is 13.0 Å². The van der Waals surface area contributed by atoms with Gasteiger partial charge in [-0.05, 0) is 47.4 Å². The van der Waals surface area contributed by atoms with E-state index in [2.05, 4.69) is 44.3 Å². The van der Waals surface area contributed by atoms with E-state index < -0.39 is 0 Å². The van der Waals surface area contributed by atoms with Gasteiger partial charge in [0.1, 0.15) is 17.3 Å². The van der Waals surface area contributed by atoms with Gasteiger partial charge in [0.2, 0.25) is 0 Å². The number of aromatic nitrogens is 4. The van der Waals surface area contributed by atoms with Crippen LogP contribution in [0.2, 0.25) is 0 Å². The predicted molar refractivity (Wildman–Crippen MR) is 108 cm³/mol. The number of aromatic amines is 1. The molecule has 6 heteroatoms. The lowest BCUT2D eigenvalue weighted by atomic mass is 10.1. The highest BCUT2D eigenvalue weighted by Gasteiger charge is 2.08. The molecule has 4 aromatic rings. The van der Waals surface area contributed by atoms with Crippen molar-refractivity contribution in [2.24, 2.45) is 0 Å². The van der Waals surface area contributed by atoms with E-state index in [4.69, 9.17) is 5.73 Å². The second-order valence-electron chi connectivity index (χ2n) is 6.48. The van der Waals surface area contributed by atoms with Gasteiger partial charge < -0.3 is 16.0 Å². The molecular weight excluding hydrogens is 336 g/mol. The highest BCUT2D eigenvalue weighted by Crippen LogP contribution is 2.20. The molecule has 4 N–H and O–H groups in total. The molecule has 4 rings (SSSR count). The standard InChI is InChI=1S/C21H22N6/c1-2-15-7-9-23-20(22)18(15)13-26-19-6-5-14(11-25-19)10-16-12-27-21-17(16)4-3-8-24-21/h3-9,11-12H,2,10,13H2,1H3,(H2,22,23)(H,24,27)(H,25,26). The molecule has 0 spiro atoms. The van der Waals surface area contributed by atoms with E-state index in [1.807, 2.05) is 30.6 Å². The molecule has 0 unspecified atom stereocenters. The van der Waals surface area contributed by atoms with Crippen LogP contribution in [0.4, 0.5) is 11.6 Å². The third-order valence-electron chi connectivity index (χ3n) is 4.77. The number of nitrogens with one attached hydrogen (secondary N) is 2. The number of nitrogens with zero attached hydrogens (tertiary/aromatic N) is 3. The van der Waals surface area contributed by atoms with Gasteiger partial charge >= 0.3 is 0 Å². The number of pyridine rings is 3. The molecule has 0 aliphatic heterocycles. The zero-order chi connectivity index (χ0) is 18.6. The van der Waals surface area contributed by atoms with E-state index in [-0.39, 0.29) is 0 Å². The number of rotatable bonds is 6. The predicted octanol–water partition coefficient (Wildman–Crippen LogP) is 3.70. The number of aryl methyl sites for hydroxylation is 1. The number of nitrogen functional groups attached to an aromatic ring is 1. The number of anilines is 2. The van der Waals surface area contributed by atoms with Crippen molar-refractivity contribution in [2.45, 2.75) is 26.3 Å². The Labute approximate surface area is 157 Å². The Morgan fingerprint density at radius 2 is 1.96 bits per heavy atom. The molecule has 0 saturated heterocycles. The molecule has 0 bridgehead atoms. The van der Waals surface area contributed by atoms with Crippen LogP contribution in [-0.4, -0.2) is 19.9 Å². The number of fused-ring (bicyclic) bond motifs is 1. The Kier molecular flexibility index (Phi) is 4.70. The summed E-state index contributed by atoms with van der Waals surface area (Å²) in [5.41, 5.74) is 11.6. The zero-order valence-electron chi connectivity index (χ0n) is 15.2. The molecule has 0 aliphatic rings. The summed E-state index contributed by atoms with van der Waals surface area (Å²) in [7, 11) is 0. The largest absolute Gasteiger partial charge is 0.383 e. The number of nitrogens with two attached hydrogens (primary N) is 1. The van der Waals surface area contributed by atoms with Crippen LogP contribution in [0.15, 0.2) is 55.1 Å². The van der Waals surface area contributed by atoms with Crippen molar-refractivity contribution in [2.75, 3.05) is 11.1 Å². The molecular formula is C21H22N6. The van der Waals surface area contributed by atoms with Crippen molar-refractivity contribution in [3.8, 4) is 0 Å². The lowest BCUT2D eigenvalue weighted by Gasteiger charge is -2.12. The molecule has 4 aromatic heterocycles. The molecule has 0 fully saturated rings. The summed E-state index contributed by atoms with van der Waals surface area (Å²) in [6, 6.07) is 10.2. The molecule has 4 heterocycles. The Morgan fingerprint density at radius 1 is 1.04 bits per heavy atom. The van der Waals surface area contributed by atoms with Crippen molar-refractivity contribution in [1.82, 2.24) is 19.9 Å². The quantitative estimate of drug-likeness (QED) is 0.489. The average molecular weight is 358 g/mol. The minimum absolute atomic E-state index is 0.575. The molecule has 27 heavy (non-hydrogen) atoms. The fraction of sp³-hybridized carbons (Fsp3) is 0.190. The van der Waals surface area contributed by atoms with Crippen LogP contribution in [0.25, 0.3) is 11.0 Å². The smallest absolute Gasteiger partial charge is 0.137 e. The van der Waals surface area contributed by atoms with Crippen LogP contribution in [-0.2, 0) is 19.4 Å². The van der Waals surface area contributed by atoms with E-state index in [0.717, 1.165) is 40.8 Å². The van der Waals surface area contributed by atoms with E-state index in [1.165, 1.54) is 11.1 Å². The van der Waals surface area contributed by atoms with Crippen molar-refractivity contribution in [3.05, 3.63) is 77.4 Å². The van der Waals surface area contributed by atoms with E-state index in [9.17, 15) is 0 Å². The van der Waals surface area contributed by atoms with Crippen LogP contribution < -0.4 is 11.1 Å². The summed E-state index contributed by atoms with van der Waals surface area (Å²) in [5, 5.41) is 4.50. The first-order valence-corrected chi connectivity index (χ1v) is 9.06. The Bertz CT molecular complexity index is 1050. The summed E-state index contributed by atoms with van der Waals surface area (Å²) in [5.74, 6) is 1.40. The first kappa shape index (κ1) is 17.0. The maximum absolute atomic E-state index is 6.03. The summed E-state index contributed by atoms with van der Waals surface area (Å²) < 4.78 is 0. The average Bonchev–Trinajstić information content (AvgIpc) is 3.11. The van der Waals surface area contributed by atoms with Crippen molar-refractivity contribution in [3.63, 3.8) is 0 Å². The van der Waals surface area contributed by atoms with Gasteiger partial charge in [0.05, 0.1) is 0 Å². The van der Waals surface area contributed by atoms with Crippen molar-refractivity contribution >= 4 is 22.7 Å². The second-order valence-corrected chi connectivity index (χ2v) is 6.48. The van der Waals surface area contributed by atoms with Gasteiger partial charge in [-0.2, -0.15) is 0 Å². The fourth-order valence-electron chi connectivity index (χ4n) is 3.28. The molecule has 0 aromatic carbocycles. The SMILES string of the molecule is CCc1ccnc(N)c1CNc1ccc(Cc2c[nH]c3ncccc23)cn1. The molecule has 0 amide bonds. The van der Waals surface area contributed by atoms with Crippen LogP contribution >= 0.6 is 0 Å². The lowest BCUT2D eigenvalue weighted by molar-refractivity contribution is 1.01. The Balaban J connectivity index is 1.45. The molecule has 0 saturated carbocycles. The topological polar surface area (TPSA) is 92.5 Å². The monoisotopic (exact) mass is 358 g/mol. The zero-order valence-corrected chi connectivity index (χ0v) is 15.2. The second kappa shape index (κ2) is 7.45. The van der Waals surface area contributed by atoms with E-state index in [0.29, 0.717) is 12.4 Å². The van der Waals surface area contributed by atoms with E-state index >= 15 is 0 Å². The third-order valence-corrected chi connectivity index (χ3v) is 4.77. The molecule has 6 nitrogen and oxygen atoms in total. The number of hydrogen-bond acceptors (Lipinski definition) is 5. The fourth-order valence-corrected chi connectivity index (χ4v) is 3.28. The summed E-state index contributed by atoms with van der Waals surface area (Å²) in [4.78, 5) is 16.3. The molecule has 0 aliphatic carbocycles. The van der Waals surface area contributed by atoms with Gasteiger partial charge in [0.15, 0.2) is 0 Å². The molecule has 0 radical (unpaired) electrons. The Morgan fingerprint density at radius 3 is 2.78 bits per heavy atom. The highest BCUT2D eigenvalue weighted by atomic mass is 15.0. The van der Waals surface area contributed by atoms with Crippen LogP contribution in [0.3, 0.4) is 0 Å². The maximum Gasteiger partial charge on any atom is 0.137 e. The lowest BCUT2D eigenvalue weighted by Crippen LogP contribution is -2.08. The number of hydrogen-bond donors (Lipinski definition) is 3. The highest BCUT2D eigenvalue weighted by molar-refractivity contribution is 5.79. The van der Waals surface area contributed by atoms with Gasteiger partial charge in [0, 0.05) is 48.7 Å². The normalized spacial score (nSPS) is 11.0. The van der Waals surface area contributed by atoms with E-state index in [1.54, 1.807) is 12.4 Å². The maximum atomic E-state index is 6.03. The van der Waals surface area contributed by atoms with Gasteiger partial charge in [-0.3, -0.25) is 0 Å². The molecule has 0 atom stereocenters. The first-order valence-electron chi connectivity index (χ1n) is 9.06. The van der Waals surface area contributed by atoms with Crippen LogP contribution in [0.1, 0.15) is 29.2 Å². The number of H-pyrrole nitrogens is 1. The summed E-state index contributed by atoms with van der Waals surface area (Å²) >= 11 is 0. The minimum Gasteiger partial charge on any atom is -0.383 e. The molecule has 136 valence electrons. The summed E-state index contributed by atoms with van der Waals surface area (Å²) in [6.45, 7) is 2.73. The van der Waals surface area contributed by atoms with Crippen LogP contribution in [0.5, 0.6) is 0 Å². The minimum atomic E-state index is 0.575. The van der Waals surface area contributed by atoms with Gasteiger partial charge in [0.25, 0.3) is 0 Å². The van der Waals surface area contributed by atoms with Crippen molar-refractivity contribution < 1.29 is 0 Å². The van der Waals surface area contributed by atoms with Crippen molar-refractivity contribution in [1.29, 1.82) is 0 Å². The summed E-state index contributed by atoms with van der Waals surface area (Å²) in [6.07, 6.45) is 9.21. The van der Waals surface area contributed by atoms with Gasteiger partial charge in [-0.15, -0.1) is 0 Å². The van der Waals surface area contributed by atoms with Gasteiger partial charge in [-0.25, -0.2) is 15.0 Å².